The molecule has 2 N–H and O–H groups in total. The van der Waals surface area contributed by atoms with Crippen LogP contribution in [0.25, 0.3) is 0 Å². The molecule has 0 aromatic heterocycles. The molecule has 1 aromatic carbocycles. The number of halogens is 1. The highest BCUT2D eigenvalue weighted by Crippen LogP contribution is 2.27. The molecule has 4 nitrogen and oxygen atoms in total. The van der Waals surface area contributed by atoms with Crippen LogP contribution in [0.2, 0.25) is 5.02 Å². The SMILES string of the molecule is C=CCNC(=O)[C@@H]1CC=CC[C@@H]1C(=O)Nc1ccc(Cl)cc1. The Morgan fingerprint density at radius 1 is 1.14 bits per heavy atom. The van der Waals surface area contributed by atoms with Gasteiger partial charge in [0.2, 0.25) is 11.8 Å². The lowest BCUT2D eigenvalue weighted by Gasteiger charge is -2.26. The minimum absolute atomic E-state index is 0.111. The van der Waals surface area contributed by atoms with Gasteiger partial charge in [-0.3, -0.25) is 9.59 Å². The number of nitrogens with one attached hydrogen (secondary N) is 2. The van der Waals surface area contributed by atoms with Gasteiger partial charge in [0.25, 0.3) is 0 Å². The van der Waals surface area contributed by atoms with Gasteiger partial charge in [-0.2, -0.15) is 0 Å². The minimum atomic E-state index is -0.370. The van der Waals surface area contributed by atoms with Gasteiger partial charge in [0, 0.05) is 17.3 Å². The van der Waals surface area contributed by atoms with Crippen LogP contribution in [-0.2, 0) is 9.59 Å². The Labute approximate surface area is 135 Å². The number of benzene rings is 1. The van der Waals surface area contributed by atoms with Crippen LogP contribution in [0.15, 0.2) is 49.1 Å². The molecule has 1 aliphatic carbocycles. The maximum Gasteiger partial charge on any atom is 0.228 e. The van der Waals surface area contributed by atoms with Crippen molar-refractivity contribution in [3.05, 3.63) is 54.1 Å². The molecule has 5 heteroatoms. The van der Waals surface area contributed by atoms with E-state index in [0.29, 0.717) is 30.1 Å². The topological polar surface area (TPSA) is 58.2 Å². The standard InChI is InChI=1S/C17H19ClN2O2/c1-2-11-19-16(21)14-5-3-4-6-15(14)17(22)20-13-9-7-12(18)8-10-13/h2-4,7-10,14-15H,1,5-6,11H2,(H,19,21)(H,20,22)/t14-,15+/m1/s1. The summed E-state index contributed by atoms with van der Waals surface area (Å²) >= 11 is 5.83. The summed E-state index contributed by atoms with van der Waals surface area (Å²) in [6, 6.07) is 6.91. The summed E-state index contributed by atoms with van der Waals surface area (Å²) in [6.07, 6.45) is 6.65. The van der Waals surface area contributed by atoms with Crippen molar-refractivity contribution in [1.82, 2.24) is 5.32 Å². The van der Waals surface area contributed by atoms with Gasteiger partial charge in [-0.05, 0) is 37.1 Å². The van der Waals surface area contributed by atoms with Crippen molar-refractivity contribution in [2.45, 2.75) is 12.8 Å². The molecule has 22 heavy (non-hydrogen) atoms. The second kappa shape index (κ2) is 7.80. The number of anilines is 1. The lowest BCUT2D eigenvalue weighted by molar-refractivity contribution is -0.132. The van der Waals surface area contributed by atoms with Gasteiger partial charge >= 0.3 is 0 Å². The van der Waals surface area contributed by atoms with Crippen LogP contribution in [0.1, 0.15) is 12.8 Å². The van der Waals surface area contributed by atoms with Crippen molar-refractivity contribution >= 4 is 29.1 Å². The lowest BCUT2D eigenvalue weighted by Crippen LogP contribution is -2.40. The molecule has 1 aliphatic rings. The van der Waals surface area contributed by atoms with E-state index in [2.05, 4.69) is 17.2 Å². The van der Waals surface area contributed by atoms with Crippen molar-refractivity contribution in [2.24, 2.45) is 11.8 Å². The minimum Gasteiger partial charge on any atom is -0.352 e. The number of carbonyl (C=O) groups is 2. The number of amides is 2. The molecule has 0 saturated carbocycles. The summed E-state index contributed by atoms with van der Waals surface area (Å²) in [6.45, 7) is 3.98. The molecule has 0 unspecified atom stereocenters. The molecule has 0 bridgehead atoms. The maximum absolute atomic E-state index is 12.5. The van der Waals surface area contributed by atoms with Crippen LogP contribution in [0.5, 0.6) is 0 Å². The van der Waals surface area contributed by atoms with Gasteiger partial charge in [0.15, 0.2) is 0 Å². The fourth-order valence-electron chi connectivity index (χ4n) is 2.47. The van der Waals surface area contributed by atoms with Gasteiger partial charge < -0.3 is 10.6 Å². The largest absolute Gasteiger partial charge is 0.352 e. The number of allylic oxidation sites excluding steroid dienone is 2. The van der Waals surface area contributed by atoms with E-state index < -0.39 is 0 Å². The van der Waals surface area contributed by atoms with Crippen molar-refractivity contribution in [2.75, 3.05) is 11.9 Å². The fourth-order valence-corrected chi connectivity index (χ4v) is 2.59. The summed E-state index contributed by atoms with van der Waals surface area (Å²) in [5, 5.41) is 6.23. The summed E-state index contributed by atoms with van der Waals surface area (Å²) in [5.41, 5.74) is 0.675. The Bertz CT molecular complexity index is 581. The zero-order valence-electron chi connectivity index (χ0n) is 12.2. The Kier molecular flexibility index (Phi) is 5.78. The third-order valence-electron chi connectivity index (χ3n) is 3.64. The van der Waals surface area contributed by atoms with Gasteiger partial charge in [0.1, 0.15) is 0 Å². The Morgan fingerprint density at radius 3 is 2.32 bits per heavy atom. The second-order valence-corrected chi connectivity index (χ2v) is 5.62. The third-order valence-corrected chi connectivity index (χ3v) is 3.89. The van der Waals surface area contributed by atoms with E-state index in [1.54, 1.807) is 30.3 Å². The molecule has 2 rings (SSSR count). The summed E-state index contributed by atoms with van der Waals surface area (Å²) < 4.78 is 0. The predicted molar refractivity (Wildman–Crippen MR) is 88.6 cm³/mol. The first kappa shape index (κ1) is 16.3. The maximum atomic E-state index is 12.5. The average Bonchev–Trinajstić information content (AvgIpc) is 2.54. The average molecular weight is 319 g/mol. The van der Waals surface area contributed by atoms with E-state index in [0.717, 1.165) is 0 Å². The molecule has 0 saturated heterocycles. The monoisotopic (exact) mass is 318 g/mol. The highest BCUT2D eigenvalue weighted by Gasteiger charge is 2.33. The lowest BCUT2D eigenvalue weighted by atomic mass is 9.81. The highest BCUT2D eigenvalue weighted by molar-refractivity contribution is 6.30. The molecule has 0 spiro atoms. The van der Waals surface area contributed by atoms with Crippen molar-refractivity contribution in [3.8, 4) is 0 Å². The van der Waals surface area contributed by atoms with E-state index in [4.69, 9.17) is 11.6 Å². The normalized spacial score (nSPS) is 20.2. The van der Waals surface area contributed by atoms with Gasteiger partial charge in [-0.1, -0.05) is 29.8 Å². The molecule has 0 fully saturated rings. The predicted octanol–water partition coefficient (Wildman–Crippen LogP) is 3.16. The summed E-state index contributed by atoms with van der Waals surface area (Å²) in [5.74, 6) is -0.978. The molecule has 1 aromatic rings. The van der Waals surface area contributed by atoms with Crippen molar-refractivity contribution in [1.29, 1.82) is 0 Å². The number of hydrogen-bond donors (Lipinski definition) is 2. The Balaban J connectivity index is 2.05. The molecule has 0 heterocycles. The second-order valence-electron chi connectivity index (χ2n) is 5.19. The van der Waals surface area contributed by atoms with Gasteiger partial charge in [0.05, 0.1) is 11.8 Å². The molecule has 0 radical (unpaired) electrons. The van der Waals surface area contributed by atoms with Crippen LogP contribution in [0.4, 0.5) is 5.69 Å². The first-order valence-corrected chi connectivity index (χ1v) is 7.59. The fraction of sp³-hybridized carbons (Fsp3) is 0.294. The van der Waals surface area contributed by atoms with Crippen LogP contribution >= 0.6 is 11.6 Å². The smallest absolute Gasteiger partial charge is 0.228 e. The number of carbonyl (C=O) groups excluding carboxylic acids is 2. The molecule has 0 aliphatic heterocycles. The zero-order valence-corrected chi connectivity index (χ0v) is 13.0. The van der Waals surface area contributed by atoms with Gasteiger partial charge in [-0.15, -0.1) is 6.58 Å². The molecular formula is C17H19ClN2O2. The van der Waals surface area contributed by atoms with E-state index in [-0.39, 0.29) is 23.7 Å². The molecule has 116 valence electrons. The van der Waals surface area contributed by atoms with Crippen LogP contribution in [0.3, 0.4) is 0 Å². The summed E-state index contributed by atoms with van der Waals surface area (Å²) in [7, 11) is 0. The Morgan fingerprint density at radius 2 is 1.73 bits per heavy atom. The zero-order chi connectivity index (χ0) is 15.9. The van der Waals surface area contributed by atoms with Crippen LogP contribution in [-0.4, -0.2) is 18.4 Å². The number of rotatable bonds is 5. The van der Waals surface area contributed by atoms with Crippen molar-refractivity contribution < 1.29 is 9.59 Å². The van der Waals surface area contributed by atoms with Crippen LogP contribution < -0.4 is 10.6 Å². The Hall–Kier alpha value is -2.07. The first-order valence-electron chi connectivity index (χ1n) is 7.22. The molecular weight excluding hydrogens is 300 g/mol. The molecule has 2 amide bonds. The van der Waals surface area contributed by atoms with Crippen molar-refractivity contribution in [3.63, 3.8) is 0 Å². The first-order chi connectivity index (χ1) is 10.6. The third kappa shape index (κ3) is 4.21. The quantitative estimate of drug-likeness (QED) is 0.819. The number of hydrogen-bond acceptors (Lipinski definition) is 2. The van der Waals surface area contributed by atoms with E-state index in [1.165, 1.54) is 0 Å². The van der Waals surface area contributed by atoms with Gasteiger partial charge in [-0.25, -0.2) is 0 Å². The van der Waals surface area contributed by atoms with E-state index in [1.807, 2.05) is 12.2 Å². The highest BCUT2D eigenvalue weighted by atomic mass is 35.5. The molecule has 2 atom stereocenters. The van der Waals surface area contributed by atoms with E-state index in [9.17, 15) is 9.59 Å². The summed E-state index contributed by atoms with van der Waals surface area (Å²) in [4.78, 5) is 24.6. The van der Waals surface area contributed by atoms with E-state index >= 15 is 0 Å². The van der Waals surface area contributed by atoms with Crippen LogP contribution in [0, 0.1) is 11.8 Å².